The number of aryl methyl sites for hydroxylation is 1. The number of hydrogen-bond acceptors (Lipinski definition) is 3. The van der Waals surface area contributed by atoms with Gasteiger partial charge >= 0.3 is 0 Å². The highest BCUT2D eigenvalue weighted by atomic mass is 32.1. The van der Waals surface area contributed by atoms with Crippen molar-refractivity contribution >= 4 is 17.2 Å². The highest BCUT2D eigenvalue weighted by Crippen LogP contribution is 2.12. The Hall–Kier alpha value is -1.03. The van der Waals surface area contributed by atoms with Crippen molar-refractivity contribution in [2.75, 3.05) is 0 Å². The van der Waals surface area contributed by atoms with E-state index in [-0.39, 0.29) is 5.84 Å². The fourth-order valence-electron chi connectivity index (χ4n) is 0.615. The summed E-state index contributed by atoms with van der Waals surface area (Å²) in [6.45, 7) is 1.96. The lowest BCUT2D eigenvalue weighted by atomic mass is 10.3. The Morgan fingerprint density at radius 2 is 2.50 bits per heavy atom. The second kappa shape index (κ2) is 2.70. The molecule has 3 nitrogen and oxygen atoms in total. The predicted molar refractivity (Wildman–Crippen MR) is 41.6 cm³/mol. The van der Waals surface area contributed by atoms with Crippen molar-refractivity contribution < 1.29 is 5.21 Å². The topological polar surface area (TPSA) is 58.6 Å². The van der Waals surface area contributed by atoms with Crippen LogP contribution in [0.15, 0.2) is 16.6 Å². The van der Waals surface area contributed by atoms with E-state index in [2.05, 4.69) is 5.16 Å². The first-order valence-corrected chi connectivity index (χ1v) is 3.65. The van der Waals surface area contributed by atoms with E-state index in [0.717, 1.165) is 10.4 Å². The smallest absolute Gasteiger partial charge is 0.180 e. The first-order chi connectivity index (χ1) is 4.74. The molecule has 10 heavy (non-hydrogen) atoms. The molecule has 4 heteroatoms. The Morgan fingerprint density at radius 3 is 2.90 bits per heavy atom. The highest BCUT2D eigenvalue weighted by molar-refractivity contribution is 7.12. The van der Waals surface area contributed by atoms with Crippen molar-refractivity contribution in [1.29, 1.82) is 0 Å². The Labute approximate surface area is 62.8 Å². The number of amidine groups is 1. The van der Waals surface area contributed by atoms with Gasteiger partial charge in [-0.1, -0.05) is 5.16 Å². The van der Waals surface area contributed by atoms with E-state index in [1.165, 1.54) is 11.3 Å². The lowest BCUT2D eigenvalue weighted by molar-refractivity contribution is 0.319. The maximum Gasteiger partial charge on any atom is 0.180 e. The minimum atomic E-state index is 0.179. The van der Waals surface area contributed by atoms with E-state index < -0.39 is 0 Å². The fraction of sp³-hybridized carbons (Fsp3) is 0.167. The van der Waals surface area contributed by atoms with Gasteiger partial charge in [0.05, 0.1) is 4.88 Å². The van der Waals surface area contributed by atoms with E-state index in [9.17, 15) is 0 Å². The summed E-state index contributed by atoms with van der Waals surface area (Å²) in [7, 11) is 0. The molecule has 54 valence electrons. The van der Waals surface area contributed by atoms with Crippen LogP contribution in [-0.2, 0) is 0 Å². The number of oxime groups is 1. The van der Waals surface area contributed by atoms with Crippen LogP contribution in [0.5, 0.6) is 0 Å². The number of nitrogens with zero attached hydrogens (tertiary/aromatic N) is 1. The summed E-state index contributed by atoms with van der Waals surface area (Å²) in [5.41, 5.74) is 6.45. The van der Waals surface area contributed by atoms with Crippen molar-refractivity contribution in [2.45, 2.75) is 6.92 Å². The van der Waals surface area contributed by atoms with Crippen LogP contribution in [0.4, 0.5) is 0 Å². The van der Waals surface area contributed by atoms with Crippen molar-refractivity contribution in [2.24, 2.45) is 10.9 Å². The van der Waals surface area contributed by atoms with Gasteiger partial charge in [-0.3, -0.25) is 0 Å². The van der Waals surface area contributed by atoms with Crippen molar-refractivity contribution in [3.8, 4) is 0 Å². The van der Waals surface area contributed by atoms with Gasteiger partial charge in [-0.15, -0.1) is 11.3 Å². The molecule has 0 aliphatic carbocycles. The summed E-state index contributed by atoms with van der Waals surface area (Å²) in [6.07, 6.45) is 0. The molecule has 0 spiro atoms. The maximum atomic E-state index is 8.27. The molecule has 1 heterocycles. The molecule has 0 aliphatic rings. The Balaban J connectivity index is 2.95. The first kappa shape index (κ1) is 7.08. The molecule has 0 bridgehead atoms. The lowest BCUT2D eigenvalue weighted by Crippen LogP contribution is -2.10. The molecule has 0 fully saturated rings. The molecule has 1 aromatic heterocycles. The van der Waals surface area contributed by atoms with Crippen LogP contribution < -0.4 is 5.73 Å². The van der Waals surface area contributed by atoms with Crippen LogP contribution in [0.2, 0.25) is 0 Å². The number of nitrogens with two attached hydrogens (primary N) is 1. The maximum absolute atomic E-state index is 8.27. The number of rotatable bonds is 1. The fourth-order valence-corrected chi connectivity index (χ4v) is 1.41. The molecule has 3 N–H and O–H groups in total. The van der Waals surface area contributed by atoms with Crippen molar-refractivity contribution in [3.05, 3.63) is 21.9 Å². The van der Waals surface area contributed by atoms with Crippen molar-refractivity contribution in [3.63, 3.8) is 0 Å². The molecule has 1 rings (SSSR count). The van der Waals surface area contributed by atoms with Crippen LogP contribution in [0.25, 0.3) is 0 Å². The summed E-state index contributed by atoms with van der Waals surface area (Å²) < 4.78 is 0. The third-order valence-electron chi connectivity index (χ3n) is 1.09. The van der Waals surface area contributed by atoms with Gasteiger partial charge in [0, 0.05) is 0 Å². The van der Waals surface area contributed by atoms with Crippen molar-refractivity contribution in [1.82, 2.24) is 0 Å². The third-order valence-corrected chi connectivity index (χ3v) is 2.16. The molecule has 1 aromatic rings. The zero-order valence-electron chi connectivity index (χ0n) is 5.53. The van der Waals surface area contributed by atoms with E-state index in [4.69, 9.17) is 10.9 Å². The summed E-state index contributed by atoms with van der Waals surface area (Å²) in [5.74, 6) is 0.179. The molecule has 0 saturated heterocycles. The molecular formula is C6H8N2OS. The van der Waals surface area contributed by atoms with Crippen LogP contribution in [-0.4, -0.2) is 11.0 Å². The molecule has 0 saturated carbocycles. The molecule has 0 unspecified atom stereocenters. The molecule has 0 aromatic carbocycles. The van der Waals surface area contributed by atoms with Gasteiger partial charge in [-0.25, -0.2) is 0 Å². The normalized spacial score (nSPS) is 11.9. The standard InChI is InChI=1S/C6H8N2OS/c1-4-2-5(10-3-4)6(7)8-9/h2-3,9H,1H3,(H2,7,8). The van der Waals surface area contributed by atoms with Crippen LogP contribution in [0.3, 0.4) is 0 Å². The van der Waals surface area contributed by atoms with Gasteiger partial charge < -0.3 is 10.9 Å². The number of hydrogen-bond donors (Lipinski definition) is 2. The van der Waals surface area contributed by atoms with Crippen LogP contribution in [0, 0.1) is 6.92 Å². The summed E-state index contributed by atoms with van der Waals surface area (Å²) in [4.78, 5) is 0.806. The van der Waals surface area contributed by atoms with Gasteiger partial charge in [-0.05, 0) is 23.9 Å². The largest absolute Gasteiger partial charge is 0.409 e. The van der Waals surface area contributed by atoms with Gasteiger partial charge in [0.25, 0.3) is 0 Å². The minimum Gasteiger partial charge on any atom is -0.409 e. The summed E-state index contributed by atoms with van der Waals surface area (Å²) >= 11 is 1.47. The van der Waals surface area contributed by atoms with Gasteiger partial charge in [0.15, 0.2) is 5.84 Å². The first-order valence-electron chi connectivity index (χ1n) is 2.77. The van der Waals surface area contributed by atoms with Gasteiger partial charge in [0.1, 0.15) is 0 Å². The summed E-state index contributed by atoms with van der Waals surface area (Å²) in [5, 5.41) is 13.1. The molecule has 0 amide bonds. The Morgan fingerprint density at radius 1 is 1.80 bits per heavy atom. The number of thiophene rings is 1. The van der Waals surface area contributed by atoms with Crippen LogP contribution >= 0.6 is 11.3 Å². The molecule has 0 radical (unpaired) electrons. The SMILES string of the molecule is Cc1csc(/C(N)=N\O)c1. The van der Waals surface area contributed by atoms with Crippen LogP contribution in [0.1, 0.15) is 10.4 Å². The Bertz CT molecular complexity index is 254. The molecule has 0 atom stereocenters. The quantitative estimate of drug-likeness (QED) is 0.277. The monoisotopic (exact) mass is 156 g/mol. The molecule has 0 aliphatic heterocycles. The van der Waals surface area contributed by atoms with E-state index in [1.807, 2.05) is 18.4 Å². The highest BCUT2D eigenvalue weighted by Gasteiger charge is 1.99. The zero-order valence-corrected chi connectivity index (χ0v) is 6.35. The zero-order chi connectivity index (χ0) is 7.56. The molecular weight excluding hydrogens is 148 g/mol. The third kappa shape index (κ3) is 1.27. The predicted octanol–water partition coefficient (Wildman–Crippen LogP) is 1.15. The van der Waals surface area contributed by atoms with E-state index in [0.29, 0.717) is 0 Å². The second-order valence-corrected chi connectivity index (χ2v) is 2.88. The lowest BCUT2D eigenvalue weighted by Gasteiger charge is -1.88. The van der Waals surface area contributed by atoms with Gasteiger partial charge in [-0.2, -0.15) is 0 Å². The minimum absolute atomic E-state index is 0.179. The average Bonchev–Trinajstić information content (AvgIpc) is 2.34. The van der Waals surface area contributed by atoms with E-state index in [1.54, 1.807) is 0 Å². The van der Waals surface area contributed by atoms with E-state index >= 15 is 0 Å². The Kier molecular flexibility index (Phi) is 1.91. The summed E-state index contributed by atoms with van der Waals surface area (Å²) in [6, 6.07) is 1.87. The van der Waals surface area contributed by atoms with Gasteiger partial charge in [0.2, 0.25) is 0 Å². The second-order valence-electron chi connectivity index (χ2n) is 1.97. The average molecular weight is 156 g/mol.